The normalized spacial score (nSPS) is 14.8. The molecule has 1 fully saturated rings. The molecule has 5 nitrogen and oxygen atoms in total. The molecule has 1 aliphatic rings. The molecule has 0 aliphatic heterocycles. The zero-order valence-corrected chi connectivity index (χ0v) is 18.8. The lowest BCUT2D eigenvalue weighted by molar-refractivity contribution is -0.117. The average molecular weight is 419 g/mol. The smallest absolute Gasteiger partial charge is 0.238 e. The van der Waals surface area contributed by atoms with Crippen LogP contribution >= 0.6 is 24.0 Å². The Kier molecular flexibility index (Phi) is 7.01. The molecule has 7 heteroatoms. The summed E-state index contributed by atoms with van der Waals surface area (Å²) in [7, 11) is 1.96. The van der Waals surface area contributed by atoms with Crippen LogP contribution in [0.15, 0.2) is 29.2 Å². The first kappa shape index (κ1) is 21.1. The quantitative estimate of drug-likeness (QED) is 0.507. The Labute approximate surface area is 177 Å². The predicted octanol–water partition coefficient (Wildman–Crippen LogP) is 5.00. The van der Waals surface area contributed by atoms with E-state index in [1.165, 1.54) is 37.1 Å². The number of nitrogens with zero attached hydrogens (tertiary/aromatic N) is 3. The fourth-order valence-electron chi connectivity index (χ4n) is 4.02. The van der Waals surface area contributed by atoms with E-state index in [4.69, 9.17) is 12.2 Å². The standard InChI is InChI=1S/C21H30N4OS2/c1-15-16(2)25(17-9-5-6-10-17)21(27)24(15)14-23(3)13-20(26)22-18-11-7-8-12-19(18)28-4/h7-8,11-12,17H,5-6,9-10,13-14H2,1-4H3,(H,22,26). The Morgan fingerprint density at radius 2 is 1.93 bits per heavy atom. The van der Waals surface area contributed by atoms with Gasteiger partial charge in [0.1, 0.15) is 0 Å². The number of para-hydroxylation sites is 1. The van der Waals surface area contributed by atoms with E-state index in [-0.39, 0.29) is 5.91 Å². The topological polar surface area (TPSA) is 42.2 Å². The first-order valence-electron chi connectivity index (χ1n) is 9.82. The summed E-state index contributed by atoms with van der Waals surface area (Å²) in [4.78, 5) is 15.6. The lowest BCUT2D eigenvalue weighted by atomic mass is 10.2. The van der Waals surface area contributed by atoms with Crippen LogP contribution in [0.3, 0.4) is 0 Å². The second-order valence-corrected chi connectivity index (χ2v) is 8.81. The van der Waals surface area contributed by atoms with Gasteiger partial charge < -0.3 is 14.5 Å². The van der Waals surface area contributed by atoms with E-state index >= 15 is 0 Å². The Morgan fingerprint density at radius 1 is 1.25 bits per heavy atom. The molecule has 1 aromatic heterocycles. The van der Waals surface area contributed by atoms with Crippen molar-refractivity contribution in [2.24, 2.45) is 0 Å². The van der Waals surface area contributed by atoms with Gasteiger partial charge in [-0.25, -0.2) is 0 Å². The van der Waals surface area contributed by atoms with E-state index < -0.39 is 0 Å². The number of hydrogen-bond acceptors (Lipinski definition) is 4. The third-order valence-corrected chi connectivity index (χ3v) is 6.81. The summed E-state index contributed by atoms with van der Waals surface area (Å²) in [6, 6.07) is 8.41. The predicted molar refractivity (Wildman–Crippen MR) is 120 cm³/mol. The van der Waals surface area contributed by atoms with Crippen LogP contribution in [-0.4, -0.2) is 39.8 Å². The molecule has 1 amide bonds. The largest absolute Gasteiger partial charge is 0.324 e. The number of carbonyl (C=O) groups excluding carboxylic acids is 1. The number of imidazole rings is 1. The molecule has 0 unspecified atom stereocenters. The highest BCUT2D eigenvalue weighted by molar-refractivity contribution is 7.98. The number of amides is 1. The summed E-state index contributed by atoms with van der Waals surface area (Å²) in [6.07, 6.45) is 7.01. The molecule has 0 atom stereocenters. The van der Waals surface area contributed by atoms with Gasteiger partial charge >= 0.3 is 0 Å². The number of carbonyl (C=O) groups is 1. The molecular weight excluding hydrogens is 388 g/mol. The molecule has 0 saturated heterocycles. The zero-order chi connectivity index (χ0) is 20.3. The first-order chi connectivity index (χ1) is 13.4. The lowest BCUT2D eigenvalue weighted by Crippen LogP contribution is -2.32. The second-order valence-electron chi connectivity index (χ2n) is 7.59. The molecule has 152 valence electrons. The van der Waals surface area contributed by atoms with Gasteiger partial charge in [-0.1, -0.05) is 25.0 Å². The Bertz CT molecular complexity index is 896. The monoisotopic (exact) mass is 418 g/mol. The Hall–Kier alpha value is -1.57. The molecule has 1 saturated carbocycles. The minimum atomic E-state index is -0.0138. The van der Waals surface area contributed by atoms with Gasteiger partial charge in [-0.3, -0.25) is 9.69 Å². The van der Waals surface area contributed by atoms with Crippen LogP contribution in [0.25, 0.3) is 0 Å². The van der Waals surface area contributed by atoms with Crippen molar-refractivity contribution >= 4 is 35.6 Å². The maximum Gasteiger partial charge on any atom is 0.238 e. The number of rotatable bonds is 7. The van der Waals surface area contributed by atoms with Gasteiger partial charge in [-0.2, -0.15) is 0 Å². The lowest BCUT2D eigenvalue weighted by Gasteiger charge is -2.19. The van der Waals surface area contributed by atoms with Crippen molar-refractivity contribution in [2.75, 3.05) is 25.2 Å². The van der Waals surface area contributed by atoms with Crippen LogP contribution in [0, 0.1) is 18.6 Å². The van der Waals surface area contributed by atoms with Gasteiger partial charge in [0.05, 0.1) is 18.9 Å². The van der Waals surface area contributed by atoms with Gasteiger partial charge in [0.15, 0.2) is 4.77 Å². The first-order valence-corrected chi connectivity index (χ1v) is 11.4. The van der Waals surface area contributed by atoms with E-state index in [0.717, 1.165) is 15.4 Å². The maximum absolute atomic E-state index is 12.5. The highest BCUT2D eigenvalue weighted by Crippen LogP contribution is 2.32. The molecule has 1 aromatic carbocycles. The molecule has 0 spiro atoms. The molecule has 3 rings (SSSR count). The van der Waals surface area contributed by atoms with E-state index in [0.29, 0.717) is 19.3 Å². The van der Waals surface area contributed by atoms with Gasteiger partial charge in [0.2, 0.25) is 5.91 Å². The fraction of sp³-hybridized carbons (Fsp3) is 0.524. The number of nitrogens with one attached hydrogen (secondary N) is 1. The third-order valence-electron chi connectivity index (χ3n) is 5.59. The van der Waals surface area contributed by atoms with Gasteiger partial charge in [0, 0.05) is 22.3 Å². The highest BCUT2D eigenvalue weighted by Gasteiger charge is 2.22. The molecular formula is C21H30N4OS2. The van der Waals surface area contributed by atoms with Crippen LogP contribution in [0.5, 0.6) is 0 Å². The number of aromatic nitrogens is 2. The number of benzene rings is 1. The van der Waals surface area contributed by atoms with Crippen molar-refractivity contribution < 1.29 is 4.79 Å². The molecule has 2 aromatic rings. The number of anilines is 1. The van der Waals surface area contributed by atoms with Gasteiger partial charge in [-0.05, 0) is 64.3 Å². The molecule has 1 heterocycles. The SMILES string of the molecule is CSc1ccccc1NC(=O)CN(C)Cn1c(C)c(C)n(C2CCCC2)c1=S. The van der Waals surface area contributed by atoms with E-state index in [1.54, 1.807) is 11.8 Å². The van der Waals surface area contributed by atoms with Crippen molar-refractivity contribution in [1.82, 2.24) is 14.0 Å². The molecule has 1 N–H and O–H groups in total. The van der Waals surface area contributed by atoms with E-state index in [2.05, 4.69) is 28.3 Å². The van der Waals surface area contributed by atoms with Crippen LogP contribution in [-0.2, 0) is 11.5 Å². The van der Waals surface area contributed by atoms with Crippen molar-refractivity contribution in [3.05, 3.63) is 40.4 Å². The molecule has 1 aliphatic carbocycles. The summed E-state index contributed by atoms with van der Waals surface area (Å²) in [5, 5.41) is 3.03. The number of likely N-dealkylation sites (N-methyl/N-ethyl adjacent to an activating group) is 1. The van der Waals surface area contributed by atoms with Crippen molar-refractivity contribution in [3.63, 3.8) is 0 Å². The Balaban J connectivity index is 1.68. The summed E-state index contributed by atoms with van der Waals surface area (Å²) in [6.45, 7) is 5.21. The van der Waals surface area contributed by atoms with Crippen LogP contribution in [0.2, 0.25) is 0 Å². The van der Waals surface area contributed by atoms with E-state index in [9.17, 15) is 4.79 Å². The summed E-state index contributed by atoms with van der Waals surface area (Å²) >= 11 is 7.43. The maximum atomic E-state index is 12.5. The molecule has 28 heavy (non-hydrogen) atoms. The number of thioether (sulfide) groups is 1. The summed E-state index contributed by atoms with van der Waals surface area (Å²) in [5.41, 5.74) is 3.31. The third kappa shape index (κ3) is 4.53. The second kappa shape index (κ2) is 9.29. The minimum absolute atomic E-state index is 0.0138. The number of hydrogen-bond donors (Lipinski definition) is 1. The minimum Gasteiger partial charge on any atom is -0.324 e. The molecule has 0 radical (unpaired) electrons. The Morgan fingerprint density at radius 3 is 2.61 bits per heavy atom. The van der Waals surface area contributed by atoms with Crippen molar-refractivity contribution in [1.29, 1.82) is 0 Å². The summed E-state index contributed by atoms with van der Waals surface area (Å²) in [5.74, 6) is -0.0138. The van der Waals surface area contributed by atoms with Gasteiger partial charge in [0.25, 0.3) is 0 Å². The highest BCUT2D eigenvalue weighted by atomic mass is 32.2. The van der Waals surface area contributed by atoms with Gasteiger partial charge in [-0.15, -0.1) is 11.8 Å². The van der Waals surface area contributed by atoms with Crippen LogP contribution < -0.4 is 5.32 Å². The zero-order valence-electron chi connectivity index (χ0n) is 17.2. The van der Waals surface area contributed by atoms with E-state index in [1.807, 2.05) is 42.5 Å². The summed E-state index contributed by atoms with van der Waals surface area (Å²) < 4.78 is 5.37. The fourth-order valence-corrected chi connectivity index (χ4v) is 5.05. The van der Waals surface area contributed by atoms with Crippen molar-refractivity contribution in [2.45, 2.75) is 57.1 Å². The van der Waals surface area contributed by atoms with Crippen LogP contribution in [0.1, 0.15) is 43.1 Å². The van der Waals surface area contributed by atoms with Crippen molar-refractivity contribution in [3.8, 4) is 0 Å². The average Bonchev–Trinajstić information content (AvgIpc) is 3.25. The van der Waals surface area contributed by atoms with Crippen LogP contribution in [0.4, 0.5) is 5.69 Å². The molecule has 0 bridgehead atoms.